The molecule has 0 unspecified atom stereocenters. The molecule has 0 aromatic heterocycles. The quantitative estimate of drug-likeness (QED) is 0.141. The van der Waals surface area contributed by atoms with E-state index in [1.54, 1.807) is 0 Å². The van der Waals surface area contributed by atoms with Crippen LogP contribution in [0.2, 0.25) is 33.2 Å². The van der Waals surface area contributed by atoms with Gasteiger partial charge in [-0.25, -0.2) is 0 Å². The maximum absolute atomic E-state index is 10.2. The molecule has 1 atom stereocenters. The Morgan fingerprint density at radius 1 is 0.676 bits per heavy atom. The number of halogens is 1. The molecular weight excluding hydrogens is 603 g/mol. The molecule has 0 aliphatic rings. The first-order chi connectivity index (χ1) is 17.1. The van der Waals surface area contributed by atoms with Crippen molar-refractivity contribution < 1.29 is 14.0 Å². The lowest BCUT2D eigenvalue weighted by Crippen LogP contribution is -2.51. The summed E-state index contributed by atoms with van der Waals surface area (Å²) in [5.74, 6) is 2.28. The number of hydrogen-bond donors (Lipinski definition) is 1. The Balaban J connectivity index is 4.04. The smallest absolute Gasteiger partial charge is 0.258 e. The molecule has 0 heterocycles. The zero-order valence-electron chi connectivity index (χ0n) is 26.4. The highest BCUT2D eigenvalue weighted by molar-refractivity contribution is 14.1. The van der Waals surface area contributed by atoms with Crippen molar-refractivity contribution in [1.29, 1.82) is 0 Å². The van der Waals surface area contributed by atoms with Gasteiger partial charge in [0, 0.05) is 15.7 Å². The van der Waals surface area contributed by atoms with Crippen LogP contribution in [0, 0.1) is 3.57 Å². The van der Waals surface area contributed by atoms with E-state index in [0.29, 0.717) is 33.2 Å². The van der Waals surface area contributed by atoms with Gasteiger partial charge in [0.1, 0.15) is 11.5 Å². The first-order valence-corrected chi connectivity index (χ1v) is 20.3. The van der Waals surface area contributed by atoms with Crippen LogP contribution in [0.4, 0.5) is 0 Å². The highest BCUT2D eigenvalue weighted by Gasteiger charge is 2.49. The molecular formula is C31H59IO3Si2. The first-order valence-electron chi connectivity index (χ1n) is 14.9. The molecule has 0 aliphatic heterocycles. The summed E-state index contributed by atoms with van der Waals surface area (Å²) in [5.41, 5.74) is 4.17. The van der Waals surface area contributed by atoms with Gasteiger partial charge in [0.15, 0.2) is 0 Å². The molecule has 216 valence electrons. The molecule has 0 amide bonds. The second-order valence-corrected chi connectivity index (χ2v) is 25.0. The molecule has 0 bridgehead atoms. The van der Waals surface area contributed by atoms with E-state index in [0.717, 1.165) is 37.2 Å². The molecule has 1 aromatic carbocycles. The fraction of sp³-hybridized carbons (Fsp3) is 0.806. The molecule has 37 heavy (non-hydrogen) atoms. The molecule has 0 aliphatic carbocycles. The second-order valence-electron chi connectivity index (χ2n) is 13.0. The van der Waals surface area contributed by atoms with E-state index in [2.05, 4.69) is 125 Å². The Labute approximate surface area is 246 Å². The number of unbranched alkanes of at least 4 members (excludes halogenated alkanes) is 1. The number of rotatable bonds is 16. The third-order valence-electron chi connectivity index (χ3n) is 8.85. The highest BCUT2D eigenvalue weighted by atomic mass is 127. The molecule has 3 nitrogen and oxygen atoms in total. The summed E-state index contributed by atoms with van der Waals surface area (Å²) in [6, 6.07) is 4.52. The summed E-state index contributed by atoms with van der Waals surface area (Å²) < 4.78 is 16.0. The minimum atomic E-state index is -2.18. The zero-order valence-corrected chi connectivity index (χ0v) is 30.5. The van der Waals surface area contributed by atoms with Crippen LogP contribution in [0.3, 0.4) is 0 Å². The molecule has 0 saturated carbocycles. The van der Waals surface area contributed by atoms with Crippen molar-refractivity contribution in [3.63, 3.8) is 0 Å². The lowest BCUT2D eigenvalue weighted by Gasteiger charge is -2.45. The summed E-state index contributed by atoms with van der Waals surface area (Å²) in [7, 11) is -4.36. The van der Waals surface area contributed by atoms with Crippen molar-refractivity contribution in [3.05, 3.63) is 21.3 Å². The minimum absolute atomic E-state index is 0.182. The van der Waals surface area contributed by atoms with E-state index < -0.39 is 16.6 Å². The fourth-order valence-corrected chi connectivity index (χ4v) is 18.3. The van der Waals surface area contributed by atoms with Crippen LogP contribution < -0.4 is 8.85 Å². The van der Waals surface area contributed by atoms with E-state index in [4.69, 9.17) is 8.85 Å². The molecule has 0 spiro atoms. The topological polar surface area (TPSA) is 38.7 Å². The molecule has 1 N–H and O–H groups in total. The Morgan fingerprint density at radius 3 is 1.30 bits per heavy atom. The third kappa shape index (κ3) is 7.78. The monoisotopic (exact) mass is 662 g/mol. The van der Waals surface area contributed by atoms with Crippen LogP contribution in [0.5, 0.6) is 11.5 Å². The van der Waals surface area contributed by atoms with E-state index in [1.165, 1.54) is 9.13 Å². The SMILES string of the molecule is CCCC[C@@H](CCO)c1c(O[Si](C(C)C)(C(C)C)C(C)C)cc(I)cc1O[Si](C(C)C)(C(C)C)C(C)C. The lowest BCUT2D eigenvalue weighted by atomic mass is 9.89. The van der Waals surface area contributed by atoms with Gasteiger partial charge in [-0.1, -0.05) is 103 Å². The van der Waals surface area contributed by atoms with E-state index in [9.17, 15) is 5.11 Å². The average molecular weight is 663 g/mol. The zero-order chi connectivity index (χ0) is 28.7. The normalized spacial score (nSPS) is 14.1. The van der Waals surface area contributed by atoms with Gasteiger partial charge in [0.25, 0.3) is 16.6 Å². The minimum Gasteiger partial charge on any atom is -0.542 e. The molecule has 1 rings (SSSR count). The van der Waals surface area contributed by atoms with Gasteiger partial charge in [-0.3, -0.25) is 0 Å². The summed E-state index contributed by atoms with van der Waals surface area (Å²) in [4.78, 5) is 0. The number of aliphatic hydroxyl groups excluding tert-OH is 1. The van der Waals surface area contributed by atoms with Crippen LogP contribution in [0.1, 0.15) is 127 Å². The molecule has 1 aromatic rings. The molecule has 0 saturated heterocycles. The standard InChI is InChI=1S/C31H59IO3Si2/c1-14-15-16-27(17-18-33)31-29(34-36(21(2)3,22(4)5)23(6)7)19-28(32)20-30(31)35-37(24(8)9,25(10)11)26(12)13/h19-27,33H,14-18H2,1-13H3/t27-/m0/s1. The van der Waals surface area contributed by atoms with Crippen LogP contribution in [0.25, 0.3) is 0 Å². The third-order valence-corrected chi connectivity index (χ3v) is 21.4. The van der Waals surface area contributed by atoms with Crippen molar-refractivity contribution in [2.24, 2.45) is 0 Å². The number of aliphatic hydroxyl groups is 1. The van der Waals surface area contributed by atoms with Gasteiger partial charge in [-0.15, -0.1) is 0 Å². The van der Waals surface area contributed by atoms with Crippen LogP contribution in [-0.4, -0.2) is 28.3 Å². The Hall–Kier alpha value is -0.0562. The summed E-state index contributed by atoms with van der Waals surface area (Å²) in [6.45, 7) is 30.7. The summed E-state index contributed by atoms with van der Waals surface area (Å²) in [5, 5.41) is 10.2. The first kappa shape index (κ1) is 35.0. The Kier molecular flexibility index (Phi) is 14.3. The molecule has 0 fully saturated rings. The van der Waals surface area contributed by atoms with Crippen molar-refractivity contribution in [1.82, 2.24) is 0 Å². The van der Waals surface area contributed by atoms with Gasteiger partial charge in [-0.2, -0.15) is 0 Å². The van der Waals surface area contributed by atoms with E-state index in [-0.39, 0.29) is 12.5 Å². The second kappa shape index (κ2) is 15.1. The lowest BCUT2D eigenvalue weighted by molar-refractivity contribution is 0.269. The van der Waals surface area contributed by atoms with Gasteiger partial charge in [0.2, 0.25) is 0 Å². The van der Waals surface area contributed by atoms with Gasteiger partial charge in [-0.05, 0) is 86.7 Å². The predicted molar refractivity (Wildman–Crippen MR) is 176 cm³/mol. The summed E-state index contributed by atoms with van der Waals surface area (Å²) >= 11 is 2.45. The largest absolute Gasteiger partial charge is 0.542 e. The molecule has 0 radical (unpaired) electrons. The Morgan fingerprint density at radius 2 is 1.03 bits per heavy atom. The van der Waals surface area contributed by atoms with Crippen molar-refractivity contribution in [2.45, 2.75) is 155 Å². The molecule has 6 heteroatoms. The van der Waals surface area contributed by atoms with Gasteiger partial charge >= 0.3 is 0 Å². The Bertz CT molecular complexity index is 722. The number of benzene rings is 1. The summed E-state index contributed by atoms with van der Waals surface area (Å²) in [6.07, 6.45) is 4.07. The van der Waals surface area contributed by atoms with Crippen LogP contribution in [-0.2, 0) is 0 Å². The average Bonchev–Trinajstić information content (AvgIpc) is 2.77. The van der Waals surface area contributed by atoms with Crippen LogP contribution >= 0.6 is 22.6 Å². The highest BCUT2D eigenvalue weighted by Crippen LogP contribution is 2.50. The van der Waals surface area contributed by atoms with E-state index in [1.807, 2.05) is 0 Å². The maximum Gasteiger partial charge on any atom is 0.258 e. The fourth-order valence-electron chi connectivity index (χ4n) is 7.27. The van der Waals surface area contributed by atoms with E-state index >= 15 is 0 Å². The maximum atomic E-state index is 10.2. The van der Waals surface area contributed by atoms with Crippen LogP contribution in [0.15, 0.2) is 12.1 Å². The predicted octanol–water partition coefficient (Wildman–Crippen LogP) is 11.1. The number of hydrogen-bond acceptors (Lipinski definition) is 3. The van der Waals surface area contributed by atoms with Crippen molar-refractivity contribution >= 4 is 39.2 Å². The van der Waals surface area contributed by atoms with Crippen molar-refractivity contribution in [3.8, 4) is 11.5 Å². The van der Waals surface area contributed by atoms with Gasteiger partial charge in [0.05, 0.1) is 0 Å². The van der Waals surface area contributed by atoms with Gasteiger partial charge < -0.3 is 14.0 Å². The van der Waals surface area contributed by atoms with Crippen molar-refractivity contribution in [2.75, 3.05) is 6.61 Å².